The summed E-state index contributed by atoms with van der Waals surface area (Å²) in [6.07, 6.45) is -0.375. The van der Waals surface area contributed by atoms with Crippen LogP contribution in [0.3, 0.4) is 0 Å². The molecule has 0 aliphatic heterocycles. The lowest BCUT2D eigenvalue weighted by atomic mass is 10.2. The molecule has 20 heavy (non-hydrogen) atoms. The number of carbonyl (C=O) groups excluding carboxylic acids is 1. The van der Waals surface area contributed by atoms with Crippen LogP contribution in [0.5, 0.6) is 0 Å². The molecular weight excluding hydrogens is 310 g/mol. The number of halogens is 1. The lowest BCUT2D eigenvalue weighted by Crippen LogP contribution is -2.28. The van der Waals surface area contributed by atoms with Gasteiger partial charge in [0.15, 0.2) is 0 Å². The summed E-state index contributed by atoms with van der Waals surface area (Å²) in [4.78, 5) is 21.6. The van der Waals surface area contributed by atoms with E-state index < -0.39 is 22.0 Å². The van der Waals surface area contributed by atoms with Gasteiger partial charge in [0.1, 0.15) is 0 Å². The Morgan fingerprint density at radius 1 is 1.40 bits per heavy atom. The molecule has 9 heteroatoms. The monoisotopic (exact) mass is 321 g/mol. The fourth-order valence-electron chi connectivity index (χ4n) is 1.38. The van der Waals surface area contributed by atoms with E-state index in [1.54, 1.807) is 0 Å². The number of hydrogen-bond donors (Lipinski definition) is 2. The highest BCUT2D eigenvalue weighted by atomic mass is 35.5. The smallest absolute Gasteiger partial charge is 0.339 e. The van der Waals surface area contributed by atoms with E-state index in [2.05, 4.69) is 9.46 Å². The van der Waals surface area contributed by atoms with Gasteiger partial charge in [-0.15, -0.1) is 0 Å². The van der Waals surface area contributed by atoms with Crippen LogP contribution in [0.15, 0.2) is 23.1 Å². The first-order valence-electron chi connectivity index (χ1n) is 5.37. The third kappa shape index (κ3) is 4.19. The van der Waals surface area contributed by atoms with Crippen LogP contribution in [0.2, 0.25) is 5.02 Å². The Labute approximate surface area is 120 Å². The van der Waals surface area contributed by atoms with Gasteiger partial charge in [0.25, 0.3) is 0 Å². The van der Waals surface area contributed by atoms with Gasteiger partial charge in [-0.3, -0.25) is 4.79 Å². The molecule has 0 unspecified atom stereocenters. The molecule has 0 radical (unpaired) electrons. The number of benzene rings is 1. The summed E-state index contributed by atoms with van der Waals surface area (Å²) in [5.41, 5.74) is -0.220. The van der Waals surface area contributed by atoms with E-state index in [9.17, 15) is 18.0 Å². The lowest BCUT2D eigenvalue weighted by molar-refractivity contribution is -0.136. The van der Waals surface area contributed by atoms with Gasteiger partial charge < -0.3 is 9.84 Å². The van der Waals surface area contributed by atoms with Crippen molar-refractivity contribution >= 4 is 33.6 Å². The maximum atomic E-state index is 12.0. The Morgan fingerprint density at radius 2 is 2.05 bits per heavy atom. The van der Waals surface area contributed by atoms with Crippen molar-refractivity contribution in [1.82, 2.24) is 4.72 Å². The number of carboxylic acids is 1. The van der Waals surface area contributed by atoms with Gasteiger partial charge >= 0.3 is 11.9 Å². The van der Waals surface area contributed by atoms with E-state index in [4.69, 9.17) is 16.7 Å². The van der Waals surface area contributed by atoms with E-state index >= 15 is 0 Å². The summed E-state index contributed by atoms with van der Waals surface area (Å²) < 4.78 is 30.6. The second-order valence-corrected chi connectivity index (χ2v) is 5.85. The van der Waals surface area contributed by atoms with E-state index in [1.165, 1.54) is 12.1 Å². The van der Waals surface area contributed by atoms with Crippen LogP contribution in [-0.4, -0.2) is 39.1 Å². The number of sulfonamides is 1. The highest BCUT2D eigenvalue weighted by Crippen LogP contribution is 2.21. The summed E-state index contributed by atoms with van der Waals surface area (Å²) in [6.45, 7) is -0.291. The van der Waals surface area contributed by atoms with Crippen LogP contribution in [0.4, 0.5) is 0 Å². The van der Waals surface area contributed by atoms with E-state index in [-0.39, 0.29) is 28.4 Å². The van der Waals surface area contributed by atoms with Crippen molar-refractivity contribution in [2.45, 2.75) is 11.3 Å². The Kier molecular flexibility index (Phi) is 5.49. The van der Waals surface area contributed by atoms with Gasteiger partial charge in [0, 0.05) is 11.6 Å². The first-order chi connectivity index (χ1) is 9.27. The highest BCUT2D eigenvalue weighted by molar-refractivity contribution is 7.89. The van der Waals surface area contributed by atoms with Crippen LogP contribution in [-0.2, 0) is 19.6 Å². The number of carbonyl (C=O) groups is 2. The first kappa shape index (κ1) is 16.4. The maximum absolute atomic E-state index is 12.0. The number of nitrogens with one attached hydrogen (secondary N) is 1. The average molecular weight is 322 g/mol. The normalized spacial score (nSPS) is 11.1. The Morgan fingerprint density at radius 3 is 2.60 bits per heavy atom. The third-order valence-corrected chi connectivity index (χ3v) is 4.02. The zero-order valence-electron chi connectivity index (χ0n) is 10.4. The molecule has 0 aliphatic carbocycles. The van der Waals surface area contributed by atoms with Gasteiger partial charge in [-0.05, 0) is 18.2 Å². The van der Waals surface area contributed by atoms with E-state index in [1.807, 2.05) is 0 Å². The van der Waals surface area contributed by atoms with Crippen LogP contribution in [0.1, 0.15) is 16.8 Å². The molecule has 0 spiro atoms. The first-order valence-corrected chi connectivity index (χ1v) is 7.23. The summed E-state index contributed by atoms with van der Waals surface area (Å²) >= 11 is 5.71. The number of methoxy groups -OCH3 is 1. The molecule has 0 atom stereocenters. The fourth-order valence-corrected chi connectivity index (χ4v) is 2.75. The van der Waals surface area contributed by atoms with Crippen molar-refractivity contribution in [2.75, 3.05) is 13.7 Å². The number of carboxylic acid groups (broad SMARTS) is 1. The Bertz CT molecular complexity index is 628. The molecule has 0 aliphatic rings. The molecule has 0 heterocycles. The minimum Gasteiger partial charge on any atom is -0.481 e. The summed E-state index contributed by atoms with van der Waals surface area (Å²) in [7, 11) is -2.92. The average Bonchev–Trinajstić information content (AvgIpc) is 2.36. The van der Waals surface area contributed by atoms with Crippen molar-refractivity contribution < 1.29 is 27.9 Å². The molecular formula is C11H12ClNO6S. The number of hydrogen-bond acceptors (Lipinski definition) is 5. The minimum absolute atomic E-state index is 0.176. The molecule has 0 aromatic heterocycles. The molecule has 110 valence electrons. The summed E-state index contributed by atoms with van der Waals surface area (Å²) in [5, 5.41) is 8.65. The summed E-state index contributed by atoms with van der Waals surface area (Å²) in [6, 6.07) is 3.62. The maximum Gasteiger partial charge on any atom is 0.339 e. The fraction of sp³-hybridized carbons (Fsp3) is 0.273. The predicted molar refractivity (Wildman–Crippen MR) is 70.2 cm³/mol. The van der Waals surface area contributed by atoms with Gasteiger partial charge in [0.05, 0.1) is 24.0 Å². The molecule has 0 bridgehead atoms. The largest absolute Gasteiger partial charge is 0.481 e. The summed E-state index contributed by atoms with van der Waals surface area (Å²) in [5.74, 6) is -2.00. The van der Waals surface area contributed by atoms with Crippen LogP contribution >= 0.6 is 11.6 Å². The second-order valence-electron chi connectivity index (χ2n) is 3.67. The Hall–Kier alpha value is -1.64. The highest BCUT2D eigenvalue weighted by Gasteiger charge is 2.23. The molecule has 0 saturated heterocycles. The second kappa shape index (κ2) is 6.69. The van der Waals surface area contributed by atoms with Crippen molar-refractivity contribution in [2.24, 2.45) is 0 Å². The van der Waals surface area contributed by atoms with Crippen LogP contribution in [0.25, 0.3) is 0 Å². The quantitative estimate of drug-likeness (QED) is 0.753. The lowest BCUT2D eigenvalue weighted by Gasteiger charge is -2.10. The van der Waals surface area contributed by atoms with Crippen molar-refractivity contribution in [3.63, 3.8) is 0 Å². The predicted octanol–water partition coefficient (Wildman–Crippen LogP) is 0.880. The van der Waals surface area contributed by atoms with Gasteiger partial charge in [0.2, 0.25) is 10.0 Å². The Balaban J connectivity index is 3.11. The van der Waals surface area contributed by atoms with Crippen LogP contribution < -0.4 is 4.72 Å². The molecule has 0 saturated carbocycles. The SMILES string of the molecule is COC(=O)c1cc(Cl)ccc1S(=O)(=O)NCCC(=O)O. The number of ether oxygens (including phenoxy) is 1. The number of aliphatic carboxylic acids is 1. The molecule has 1 aromatic carbocycles. The molecule has 1 aromatic rings. The number of esters is 1. The molecule has 7 nitrogen and oxygen atoms in total. The number of rotatable bonds is 6. The van der Waals surface area contributed by atoms with E-state index in [0.29, 0.717) is 0 Å². The molecule has 0 fully saturated rings. The van der Waals surface area contributed by atoms with Crippen molar-refractivity contribution in [3.8, 4) is 0 Å². The van der Waals surface area contributed by atoms with Gasteiger partial charge in [-0.25, -0.2) is 17.9 Å². The zero-order chi connectivity index (χ0) is 15.3. The standard InChI is InChI=1S/C11H12ClNO6S/c1-19-11(16)8-6-7(12)2-3-9(8)20(17,18)13-5-4-10(14)15/h2-3,6,13H,4-5H2,1H3,(H,14,15). The molecule has 2 N–H and O–H groups in total. The topological polar surface area (TPSA) is 110 Å². The van der Waals surface area contributed by atoms with Gasteiger partial charge in [-0.1, -0.05) is 11.6 Å². The van der Waals surface area contributed by atoms with Crippen molar-refractivity contribution in [1.29, 1.82) is 0 Å². The molecule has 1 rings (SSSR count). The van der Waals surface area contributed by atoms with Crippen molar-refractivity contribution in [3.05, 3.63) is 28.8 Å². The third-order valence-electron chi connectivity index (χ3n) is 2.27. The van der Waals surface area contributed by atoms with E-state index in [0.717, 1.165) is 13.2 Å². The minimum atomic E-state index is -4.03. The molecule has 0 amide bonds. The van der Waals surface area contributed by atoms with Crippen LogP contribution in [0, 0.1) is 0 Å². The van der Waals surface area contributed by atoms with Gasteiger partial charge in [-0.2, -0.15) is 0 Å². The zero-order valence-corrected chi connectivity index (χ0v) is 12.0.